The van der Waals surface area contributed by atoms with E-state index >= 15 is 0 Å². The fraction of sp³-hybridized carbons (Fsp3) is 0.680. The quantitative estimate of drug-likeness (QED) is 0.0229. The van der Waals surface area contributed by atoms with E-state index in [-0.39, 0.29) is 46.9 Å². The van der Waals surface area contributed by atoms with E-state index in [4.69, 9.17) is 18.9 Å². The van der Waals surface area contributed by atoms with E-state index in [0.29, 0.717) is 54.8 Å². The van der Waals surface area contributed by atoms with Gasteiger partial charge in [-0.05, 0) is 232 Å². The Hall–Kier alpha value is -3.95. The van der Waals surface area contributed by atoms with Crippen molar-refractivity contribution in [2.45, 2.75) is 221 Å². The number of methoxy groups -OCH3 is 4. The minimum Gasteiger partial charge on any atom is -0.468 e. The first-order chi connectivity index (χ1) is 42.3. The van der Waals surface area contributed by atoms with Gasteiger partial charge in [0, 0.05) is 33.8 Å². The molecule has 0 heterocycles. The third kappa shape index (κ3) is 12.5. The molecule has 89 heavy (non-hydrogen) atoms. The first kappa shape index (κ1) is 70.9. The number of aliphatic hydroxyl groups is 1. The molecule has 1 N–H and O–H groups in total. The normalized spacial score (nSPS) is 34.3. The molecule has 11 atom stereocenters. The summed E-state index contributed by atoms with van der Waals surface area (Å²) in [6, 6.07) is 10.2. The maximum atomic E-state index is 13.5. The third-order valence-corrected chi connectivity index (χ3v) is 26.9. The maximum absolute atomic E-state index is 13.5. The van der Waals surface area contributed by atoms with Crippen LogP contribution in [-0.2, 0) is 47.7 Å². The molecule has 9 aliphatic carbocycles. The number of Topliss-reactive ketones (excluding diaryl/α,β-unsaturated/α-hetero) is 1. The second-order valence-corrected chi connectivity index (χ2v) is 31.9. The van der Waals surface area contributed by atoms with E-state index in [1.165, 1.54) is 49.2 Å². The Balaban J connectivity index is 0.000000177. The minimum absolute atomic E-state index is 0.0152. The molecule has 0 radical (unpaired) electrons. The van der Waals surface area contributed by atoms with Crippen molar-refractivity contribution >= 4 is 71.0 Å². The molecule has 1 aromatic rings. The fourth-order valence-electron chi connectivity index (χ4n) is 18.5. The smallest absolute Gasteiger partial charge is 0.315 e. The van der Waals surface area contributed by atoms with Crippen molar-refractivity contribution in [2.24, 2.45) is 68.0 Å². The second kappa shape index (κ2) is 28.7. The molecule has 0 bridgehead atoms. The van der Waals surface area contributed by atoms with E-state index in [9.17, 15) is 33.9 Å². The molecule has 0 amide bonds. The van der Waals surface area contributed by atoms with Gasteiger partial charge in [-0.2, -0.15) is 0 Å². The van der Waals surface area contributed by atoms with E-state index in [1.54, 1.807) is 48.5 Å². The van der Waals surface area contributed by atoms with Gasteiger partial charge in [0.05, 0.1) is 37.6 Å². The molecular formula is C75H106O11S3. The summed E-state index contributed by atoms with van der Waals surface area (Å²) in [7, 11) is 6.21. The molecule has 490 valence electrons. The van der Waals surface area contributed by atoms with Gasteiger partial charge in [0.15, 0.2) is 11.6 Å². The van der Waals surface area contributed by atoms with E-state index in [0.717, 1.165) is 142 Å². The molecule has 5 fully saturated rings. The van der Waals surface area contributed by atoms with Crippen molar-refractivity contribution in [1.29, 1.82) is 0 Å². The Morgan fingerprint density at radius 3 is 1.51 bits per heavy atom. The summed E-state index contributed by atoms with van der Waals surface area (Å²) in [5, 5.41) is 17.4. The average molecular weight is 1280 g/mol. The van der Waals surface area contributed by atoms with Crippen LogP contribution in [0.5, 0.6) is 0 Å². The SMILES string of the molecule is CCCSC=C1CC[C@@H]2C3=C(C(C)C)CC[C@]3(C(=O)OC)CC[C@@]2(C)C1(O)C(OC)Sc1ccccc1.CCCSC=C1CC[C@@H]2C3=C(C(C)C)CC[C@]3(C(=O)OC)CC[C@@]2(C)C1=O.COC(=O)[C@]12CCC(C(C)C)=C1[C@H]1CCC(C=O)=CC(=O)[C@]1(C)CC2. The zero-order valence-corrected chi connectivity index (χ0v) is 59.0. The lowest BCUT2D eigenvalue weighted by atomic mass is 9.46. The number of fused-ring (bicyclic) bond motifs is 9. The Morgan fingerprint density at radius 2 is 1.03 bits per heavy atom. The number of hydrogen-bond acceptors (Lipinski definition) is 14. The molecule has 0 aromatic heterocycles. The van der Waals surface area contributed by atoms with Gasteiger partial charge in [-0.3, -0.25) is 28.8 Å². The van der Waals surface area contributed by atoms with Crippen LogP contribution < -0.4 is 0 Å². The van der Waals surface area contributed by atoms with Gasteiger partial charge in [0.2, 0.25) is 0 Å². The van der Waals surface area contributed by atoms with Crippen molar-refractivity contribution in [1.82, 2.24) is 0 Å². The molecule has 5 saturated carbocycles. The molecule has 0 saturated heterocycles. The number of rotatable bonds is 17. The van der Waals surface area contributed by atoms with Crippen molar-refractivity contribution < 1.29 is 52.8 Å². The van der Waals surface area contributed by atoms with Gasteiger partial charge in [-0.25, -0.2) is 0 Å². The zero-order valence-electron chi connectivity index (χ0n) is 56.5. The van der Waals surface area contributed by atoms with Crippen molar-refractivity contribution in [3.05, 3.63) is 97.4 Å². The van der Waals surface area contributed by atoms with Gasteiger partial charge in [-0.1, -0.05) is 123 Å². The second-order valence-electron chi connectivity index (χ2n) is 28.9. The van der Waals surface area contributed by atoms with E-state index < -0.39 is 38.1 Å². The number of ether oxygens (including phenoxy) is 4. The molecule has 9 aliphatic rings. The summed E-state index contributed by atoms with van der Waals surface area (Å²) in [4.78, 5) is 77.9. The van der Waals surface area contributed by atoms with Gasteiger partial charge in [0.1, 0.15) is 17.3 Å². The molecular weight excluding hydrogens is 1170 g/mol. The van der Waals surface area contributed by atoms with Gasteiger partial charge < -0.3 is 24.1 Å². The number of allylic oxidation sites excluding steroid dienone is 6. The summed E-state index contributed by atoms with van der Waals surface area (Å²) in [6.45, 7) is 24.0. The van der Waals surface area contributed by atoms with E-state index in [1.807, 2.05) is 25.1 Å². The molecule has 10 rings (SSSR count). The molecule has 2 unspecified atom stereocenters. The highest BCUT2D eigenvalue weighted by molar-refractivity contribution is 8.02. The summed E-state index contributed by atoms with van der Waals surface area (Å²) < 4.78 is 22.1. The maximum Gasteiger partial charge on any atom is 0.315 e. The van der Waals surface area contributed by atoms with Crippen LogP contribution >= 0.6 is 35.3 Å². The number of esters is 3. The number of carbonyl (C=O) groups is 6. The summed E-state index contributed by atoms with van der Waals surface area (Å²) in [5.74, 6) is 3.56. The highest BCUT2D eigenvalue weighted by Crippen LogP contribution is 2.70. The van der Waals surface area contributed by atoms with Crippen LogP contribution in [-0.4, -0.2) is 91.8 Å². The summed E-state index contributed by atoms with van der Waals surface area (Å²) >= 11 is 5.16. The Morgan fingerprint density at radius 1 is 0.584 bits per heavy atom. The molecule has 0 aliphatic heterocycles. The van der Waals surface area contributed by atoms with Crippen LogP contribution in [0.2, 0.25) is 0 Å². The topological polar surface area (TPSA) is 160 Å². The van der Waals surface area contributed by atoms with Gasteiger partial charge in [-0.15, -0.1) is 23.5 Å². The van der Waals surface area contributed by atoms with Gasteiger partial charge in [0.25, 0.3) is 0 Å². The lowest BCUT2D eigenvalue weighted by Crippen LogP contribution is -2.64. The predicted octanol–water partition coefficient (Wildman–Crippen LogP) is 17.1. The Kier molecular flexibility index (Phi) is 22.9. The number of ketones is 2. The largest absolute Gasteiger partial charge is 0.468 e. The third-order valence-electron chi connectivity index (χ3n) is 23.4. The van der Waals surface area contributed by atoms with Crippen LogP contribution in [0.3, 0.4) is 0 Å². The van der Waals surface area contributed by atoms with Crippen LogP contribution in [0.25, 0.3) is 0 Å². The minimum atomic E-state index is -1.17. The number of hydrogen-bond donors (Lipinski definition) is 1. The molecule has 0 spiro atoms. The lowest BCUT2D eigenvalue weighted by Gasteiger charge is -2.61. The average Bonchev–Trinajstić information content (AvgIpc) is 1.70. The van der Waals surface area contributed by atoms with E-state index in [2.05, 4.69) is 92.2 Å². The highest BCUT2D eigenvalue weighted by Gasteiger charge is 2.68. The first-order valence-electron chi connectivity index (χ1n) is 33.6. The lowest BCUT2D eigenvalue weighted by molar-refractivity contribution is -0.170. The number of benzene rings is 1. The van der Waals surface area contributed by atoms with Crippen molar-refractivity contribution in [3.8, 4) is 0 Å². The standard InChI is InChI=1S/C31H44O4S2.C23H34O3S.C21H28O4/c1-7-19-36-20-22-13-14-25-26-24(21(2)3)15-16-30(26,27(32)34-5)18-17-29(25,4)31(22,33)28(35-6)37-23-11-9-8-10-12-23;1-6-13-27-14-16-7-8-18-19-17(15(2)3)9-10-23(19,21(25)26-5)12-11-22(18,4)20(16)24;1-13(2)15-7-8-21(19(24)25-4)10-9-20(3)16(18(15)21)6-5-14(12-22)11-17(20)23/h8-12,20-21,25,28,33H,7,13-19H2,1-6H3;14-15,18H,6-13H2,1-5H3;11-13,16H,5-10H2,1-4H3/t25-,28?,29-,30+,31?;18-,22-,23+;16-,20-,21+/m111/s1. The summed E-state index contributed by atoms with van der Waals surface area (Å²) in [5.41, 5.74) is 5.94. The fourth-order valence-corrected chi connectivity index (χ4v) is 21.4. The Bertz CT molecular complexity index is 3040. The predicted molar refractivity (Wildman–Crippen MR) is 361 cm³/mol. The summed E-state index contributed by atoms with van der Waals surface area (Å²) in [6.07, 6.45) is 19.1. The monoisotopic (exact) mass is 1280 g/mol. The molecule has 11 nitrogen and oxygen atoms in total. The van der Waals surface area contributed by atoms with Crippen molar-refractivity contribution in [3.63, 3.8) is 0 Å². The van der Waals surface area contributed by atoms with Crippen LogP contribution in [0.1, 0.15) is 205 Å². The van der Waals surface area contributed by atoms with Crippen LogP contribution in [0.4, 0.5) is 0 Å². The molecule has 14 heteroatoms. The molecule has 1 aromatic carbocycles. The van der Waals surface area contributed by atoms with Crippen molar-refractivity contribution in [2.75, 3.05) is 39.9 Å². The highest BCUT2D eigenvalue weighted by atomic mass is 32.2. The zero-order chi connectivity index (χ0) is 65.1. The number of thioether (sulfide) groups is 3. The Labute approximate surface area is 546 Å². The van der Waals surface area contributed by atoms with Crippen LogP contribution in [0.15, 0.2) is 102 Å². The first-order valence-corrected chi connectivity index (χ1v) is 36.6. The number of carbonyl (C=O) groups excluding carboxylic acids is 6. The van der Waals surface area contributed by atoms with Crippen LogP contribution in [0, 0.1) is 68.0 Å². The number of aldehydes is 1. The van der Waals surface area contributed by atoms with Gasteiger partial charge >= 0.3 is 17.9 Å².